The van der Waals surface area contributed by atoms with Gasteiger partial charge < -0.3 is 4.90 Å². The van der Waals surface area contributed by atoms with E-state index in [2.05, 4.69) is 5.10 Å². The van der Waals surface area contributed by atoms with Gasteiger partial charge in [0.2, 0.25) is 5.91 Å². The van der Waals surface area contributed by atoms with Gasteiger partial charge in [-0.3, -0.25) is 9.59 Å². The summed E-state index contributed by atoms with van der Waals surface area (Å²) in [5.74, 6) is -0.163. The molecule has 1 amide bonds. The monoisotopic (exact) mass is 307 g/mol. The van der Waals surface area contributed by atoms with Crippen molar-refractivity contribution in [1.82, 2.24) is 9.78 Å². The first-order chi connectivity index (χ1) is 11.2. The fraction of sp³-hybridized carbons (Fsp3) is 0.167. The topological polar surface area (TPSA) is 55.2 Å². The van der Waals surface area contributed by atoms with Gasteiger partial charge in [0.15, 0.2) is 0 Å². The molecule has 0 aliphatic carbocycles. The molecule has 0 spiro atoms. The Hall–Kier alpha value is -2.95. The molecule has 3 rings (SSSR count). The number of benzene rings is 2. The summed E-state index contributed by atoms with van der Waals surface area (Å²) in [6, 6.07) is 16.6. The Balaban J connectivity index is 1.91. The zero-order valence-electron chi connectivity index (χ0n) is 12.8. The molecular weight excluding hydrogens is 290 g/mol. The highest BCUT2D eigenvalue weighted by atomic mass is 16.2. The Morgan fingerprint density at radius 1 is 1.09 bits per heavy atom. The van der Waals surface area contributed by atoms with E-state index >= 15 is 0 Å². The number of para-hydroxylation sites is 1. The zero-order valence-corrected chi connectivity index (χ0v) is 12.8. The lowest BCUT2D eigenvalue weighted by Gasteiger charge is -2.21. The summed E-state index contributed by atoms with van der Waals surface area (Å²) in [5.41, 5.74) is 0.564. The Kier molecular flexibility index (Phi) is 4.19. The number of aromatic nitrogens is 2. The minimum Gasteiger partial charge on any atom is -0.311 e. The van der Waals surface area contributed by atoms with Crippen LogP contribution in [-0.2, 0) is 11.3 Å². The third-order valence-corrected chi connectivity index (χ3v) is 3.73. The van der Waals surface area contributed by atoms with Crippen LogP contribution in [0, 0.1) is 0 Å². The van der Waals surface area contributed by atoms with Gasteiger partial charge in [-0.15, -0.1) is 0 Å². The van der Waals surface area contributed by atoms with Crippen LogP contribution in [0.3, 0.4) is 0 Å². The molecule has 0 aliphatic heterocycles. The Morgan fingerprint density at radius 2 is 1.78 bits per heavy atom. The summed E-state index contributed by atoms with van der Waals surface area (Å²) in [6.45, 7) is 2.36. The number of hydrogen-bond donors (Lipinski definition) is 0. The fourth-order valence-electron chi connectivity index (χ4n) is 2.56. The van der Waals surface area contributed by atoms with Crippen LogP contribution in [-0.4, -0.2) is 22.2 Å². The van der Waals surface area contributed by atoms with Crippen LogP contribution in [0.1, 0.15) is 6.92 Å². The van der Waals surface area contributed by atoms with E-state index in [0.717, 1.165) is 11.1 Å². The molecule has 1 aromatic heterocycles. The van der Waals surface area contributed by atoms with Gasteiger partial charge in [-0.25, -0.2) is 4.68 Å². The summed E-state index contributed by atoms with van der Waals surface area (Å²) in [6.07, 6.45) is 1.61. The van der Waals surface area contributed by atoms with Gasteiger partial charge in [-0.1, -0.05) is 36.4 Å². The van der Waals surface area contributed by atoms with Crippen molar-refractivity contribution in [2.75, 3.05) is 11.4 Å². The first-order valence-corrected chi connectivity index (χ1v) is 7.51. The number of nitrogens with zero attached hydrogens (tertiary/aromatic N) is 3. The van der Waals surface area contributed by atoms with E-state index in [9.17, 15) is 9.59 Å². The second-order valence-electron chi connectivity index (χ2n) is 5.17. The fourth-order valence-corrected chi connectivity index (χ4v) is 2.56. The molecule has 3 aromatic rings. The quantitative estimate of drug-likeness (QED) is 0.744. The van der Waals surface area contributed by atoms with E-state index in [-0.39, 0.29) is 18.0 Å². The van der Waals surface area contributed by atoms with Crippen molar-refractivity contribution >= 4 is 22.4 Å². The minimum atomic E-state index is -0.249. The summed E-state index contributed by atoms with van der Waals surface area (Å²) < 4.78 is 1.22. The van der Waals surface area contributed by atoms with Gasteiger partial charge in [-0.05, 0) is 25.1 Å². The van der Waals surface area contributed by atoms with Gasteiger partial charge in [-0.2, -0.15) is 5.10 Å². The van der Waals surface area contributed by atoms with Crippen LogP contribution in [0.15, 0.2) is 65.6 Å². The van der Waals surface area contributed by atoms with Gasteiger partial charge in [0.05, 0.1) is 11.6 Å². The molecule has 0 N–H and O–H groups in total. The number of carbonyl (C=O) groups is 1. The lowest BCUT2D eigenvalue weighted by molar-refractivity contribution is -0.119. The highest BCUT2D eigenvalue weighted by molar-refractivity contribution is 5.93. The molecule has 5 nitrogen and oxygen atoms in total. The zero-order chi connectivity index (χ0) is 16.2. The molecule has 0 saturated carbocycles. The van der Waals surface area contributed by atoms with Crippen LogP contribution in [0.2, 0.25) is 0 Å². The molecule has 116 valence electrons. The van der Waals surface area contributed by atoms with Crippen molar-refractivity contribution in [1.29, 1.82) is 0 Å². The Bertz CT molecular complexity index is 887. The number of hydrogen-bond acceptors (Lipinski definition) is 3. The normalized spacial score (nSPS) is 10.7. The summed E-state index contributed by atoms with van der Waals surface area (Å²) in [5, 5.41) is 5.46. The number of amides is 1. The molecule has 0 unspecified atom stereocenters. The number of rotatable bonds is 4. The lowest BCUT2D eigenvalue weighted by atomic mass is 10.2. The third kappa shape index (κ3) is 2.99. The molecule has 0 bridgehead atoms. The van der Waals surface area contributed by atoms with Crippen molar-refractivity contribution < 1.29 is 4.79 Å². The third-order valence-electron chi connectivity index (χ3n) is 3.73. The van der Waals surface area contributed by atoms with E-state index in [1.54, 1.807) is 23.2 Å². The highest BCUT2D eigenvalue weighted by Crippen LogP contribution is 2.13. The maximum absolute atomic E-state index is 12.6. The molecule has 23 heavy (non-hydrogen) atoms. The standard InChI is InChI=1S/C18H17N3O2/c1-2-20(15-9-4-3-5-10-15)17(22)13-21-18(23)16-11-7-6-8-14(16)12-19-21/h3-12H,2,13H2,1H3. The Morgan fingerprint density at radius 3 is 2.52 bits per heavy atom. The maximum Gasteiger partial charge on any atom is 0.275 e. The van der Waals surface area contributed by atoms with Crippen molar-refractivity contribution in [3.63, 3.8) is 0 Å². The Labute approximate surface area is 133 Å². The van der Waals surface area contributed by atoms with Crippen molar-refractivity contribution in [3.8, 4) is 0 Å². The van der Waals surface area contributed by atoms with Gasteiger partial charge >= 0.3 is 0 Å². The van der Waals surface area contributed by atoms with Gasteiger partial charge in [0.25, 0.3) is 5.56 Å². The molecule has 0 aliphatic rings. The largest absolute Gasteiger partial charge is 0.311 e. The average molecular weight is 307 g/mol. The SMILES string of the molecule is CCN(C(=O)Cn1ncc2ccccc2c1=O)c1ccccc1. The van der Waals surface area contributed by atoms with Crippen LogP contribution in [0.4, 0.5) is 5.69 Å². The minimum absolute atomic E-state index is 0.0770. The molecule has 0 fully saturated rings. The number of carbonyl (C=O) groups excluding carboxylic acids is 1. The predicted octanol–water partition coefficient (Wildman–Crippen LogP) is 2.45. The smallest absolute Gasteiger partial charge is 0.275 e. The van der Waals surface area contributed by atoms with Crippen molar-refractivity contribution in [3.05, 3.63) is 71.1 Å². The molecule has 2 aromatic carbocycles. The lowest BCUT2D eigenvalue weighted by Crippen LogP contribution is -2.37. The van der Waals surface area contributed by atoms with Crippen molar-refractivity contribution in [2.45, 2.75) is 13.5 Å². The first-order valence-electron chi connectivity index (χ1n) is 7.51. The molecule has 5 heteroatoms. The predicted molar refractivity (Wildman–Crippen MR) is 90.5 cm³/mol. The second kappa shape index (κ2) is 6.44. The number of anilines is 1. The van der Waals surface area contributed by atoms with Crippen LogP contribution in [0.25, 0.3) is 10.8 Å². The number of likely N-dealkylation sites (N-methyl/N-ethyl adjacent to an activating group) is 1. The summed E-state index contributed by atoms with van der Waals surface area (Å²) >= 11 is 0. The van der Waals surface area contributed by atoms with Crippen LogP contribution in [0.5, 0.6) is 0 Å². The van der Waals surface area contributed by atoms with Crippen molar-refractivity contribution in [2.24, 2.45) is 0 Å². The summed E-state index contributed by atoms with van der Waals surface area (Å²) in [7, 11) is 0. The molecule has 0 atom stereocenters. The molecular formula is C18H17N3O2. The van der Waals surface area contributed by atoms with E-state index in [1.807, 2.05) is 49.4 Å². The van der Waals surface area contributed by atoms with E-state index in [0.29, 0.717) is 11.9 Å². The van der Waals surface area contributed by atoms with E-state index in [4.69, 9.17) is 0 Å². The highest BCUT2D eigenvalue weighted by Gasteiger charge is 2.16. The maximum atomic E-state index is 12.6. The van der Waals surface area contributed by atoms with E-state index in [1.165, 1.54) is 4.68 Å². The van der Waals surface area contributed by atoms with E-state index < -0.39 is 0 Å². The van der Waals surface area contributed by atoms with Crippen LogP contribution >= 0.6 is 0 Å². The number of fused-ring (bicyclic) bond motifs is 1. The average Bonchev–Trinajstić information content (AvgIpc) is 2.59. The first kappa shape index (κ1) is 15.0. The molecule has 0 saturated heterocycles. The summed E-state index contributed by atoms with van der Waals surface area (Å²) in [4.78, 5) is 26.6. The molecule has 1 heterocycles. The van der Waals surface area contributed by atoms with Gasteiger partial charge in [0.1, 0.15) is 6.54 Å². The molecule has 0 radical (unpaired) electrons. The van der Waals surface area contributed by atoms with Crippen LogP contribution < -0.4 is 10.5 Å². The second-order valence-corrected chi connectivity index (χ2v) is 5.17. The van der Waals surface area contributed by atoms with Gasteiger partial charge in [0, 0.05) is 17.6 Å².